The maximum Gasteiger partial charge on any atom is 0.255 e. The van der Waals surface area contributed by atoms with Crippen LogP contribution in [0.15, 0.2) is 38.9 Å². The quantitative estimate of drug-likeness (QED) is 0.711. The van der Waals surface area contributed by atoms with Gasteiger partial charge in [0.1, 0.15) is 4.60 Å². The Labute approximate surface area is 132 Å². The number of hydrogen-bond acceptors (Lipinski definition) is 3. The van der Waals surface area contributed by atoms with E-state index in [2.05, 4.69) is 36.8 Å². The van der Waals surface area contributed by atoms with Crippen LogP contribution in [0.3, 0.4) is 0 Å². The number of amides is 1. The molecule has 0 fully saturated rings. The lowest BCUT2D eigenvalue weighted by Crippen LogP contribution is -2.30. The molecule has 0 aliphatic carbocycles. The average molecular weight is 404 g/mol. The molecule has 1 amide bonds. The number of nitrogens with zero attached hydrogens (tertiary/aromatic N) is 2. The Balaban J connectivity index is 2.12. The van der Waals surface area contributed by atoms with Gasteiger partial charge in [-0.3, -0.25) is 4.79 Å². The van der Waals surface area contributed by atoms with Crippen molar-refractivity contribution < 1.29 is 4.79 Å². The minimum Gasteiger partial charge on any atom is -0.334 e. The molecule has 2 heterocycles. The van der Waals surface area contributed by atoms with E-state index in [1.165, 1.54) is 0 Å². The molecule has 0 spiro atoms. The van der Waals surface area contributed by atoms with Crippen LogP contribution in [-0.2, 0) is 6.54 Å². The molecule has 0 saturated carbocycles. The fourth-order valence-corrected chi connectivity index (χ4v) is 3.37. The summed E-state index contributed by atoms with van der Waals surface area (Å²) in [6.45, 7) is 3.28. The topological polar surface area (TPSA) is 33.2 Å². The van der Waals surface area contributed by atoms with E-state index in [4.69, 9.17) is 0 Å². The number of carbonyl (C=O) groups is 1. The first-order chi connectivity index (χ1) is 9.10. The maximum absolute atomic E-state index is 12.4. The predicted molar refractivity (Wildman–Crippen MR) is 84.4 cm³/mol. The third-order valence-electron chi connectivity index (χ3n) is 2.62. The smallest absolute Gasteiger partial charge is 0.255 e. The minimum atomic E-state index is 0.00650. The lowest BCUT2D eigenvalue weighted by atomic mass is 10.2. The molecule has 0 saturated heterocycles. The number of pyridine rings is 1. The van der Waals surface area contributed by atoms with Gasteiger partial charge in [-0.2, -0.15) is 0 Å². The van der Waals surface area contributed by atoms with Crippen molar-refractivity contribution in [2.75, 3.05) is 6.54 Å². The first kappa shape index (κ1) is 14.7. The van der Waals surface area contributed by atoms with E-state index in [0.29, 0.717) is 18.7 Å². The van der Waals surface area contributed by atoms with Gasteiger partial charge in [0.15, 0.2) is 0 Å². The van der Waals surface area contributed by atoms with Crippen molar-refractivity contribution in [2.24, 2.45) is 0 Å². The zero-order valence-corrected chi connectivity index (χ0v) is 14.3. The highest BCUT2D eigenvalue weighted by Gasteiger charge is 2.15. The zero-order chi connectivity index (χ0) is 13.8. The second-order valence-corrected chi connectivity index (χ2v) is 7.25. The van der Waals surface area contributed by atoms with Crippen molar-refractivity contribution in [3.05, 3.63) is 49.3 Å². The van der Waals surface area contributed by atoms with E-state index in [0.717, 1.165) is 13.3 Å². The summed E-state index contributed by atoms with van der Waals surface area (Å²) in [6.07, 6.45) is 1.60. The molecule has 0 N–H and O–H groups in total. The number of rotatable bonds is 4. The second-order valence-electron chi connectivity index (χ2n) is 3.89. The first-order valence-corrected chi connectivity index (χ1v) is 8.15. The Morgan fingerprint density at radius 2 is 2.11 bits per heavy atom. The fraction of sp³-hybridized carbons (Fsp3) is 0.231. The first-order valence-electron chi connectivity index (χ1n) is 5.75. The van der Waals surface area contributed by atoms with Crippen LogP contribution >= 0.6 is 43.2 Å². The molecule has 0 bridgehead atoms. The summed E-state index contributed by atoms with van der Waals surface area (Å²) < 4.78 is 1.81. The summed E-state index contributed by atoms with van der Waals surface area (Å²) in [6, 6.07) is 7.60. The van der Waals surface area contributed by atoms with Crippen LogP contribution in [0.2, 0.25) is 0 Å². The van der Waals surface area contributed by atoms with Gasteiger partial charge in [-0.1, -0.05) is 0 Å². The molecule has 2 rings (SSSR count). The predicted octanol–water partition coefficient (Wildman–Crippen LogP) is 4.33. The van der Waals surface area contributed by atoms with Crippen molar-refractivity contribution in [3.8, 4) is 0 Å². The minimum absolute atomic E-state index is 0.00650. The fourth-order valence-electron chi connectivity index (χ4n) is 1.64. The van der Waals surface area contributed by atoms with Crippen molar-refractivity contribution in [1.82, 2.24) is 9.88 Å². The van der Waals surface area contributed by atoms with Crippen LogP contribution in [0.5, 0.6) is 0 Å². The molecule has 2 aromatic heterocycles. The molecule has 0 aromatic carbocycles. The Bertz CT molecular complexity index is 568. The van der Waals surface area contributed by atoms with E-state index < -0.39 is 0 Å². The Kier molecular flexibility index (Phi) is 5.13. The van der Waals surface area contributed by atoms with E-state index in [1.54, 1.807) is 29.7 Å². The number of halogens is 2. The molecular weight excluding hydrogens is 392 g/mol. The van der Waals surface area contributed by atoms with Crippen molar-refractivity contribution in [2.45, 2.75) is 13.5 Å². The lowest BCUT2D eigenvalue weighted by Gasteiger charge is -2.20. The molecule has 2 aromatic rings. The molecule has 3 nitrogen and oxygen atoms in total. The SMILES string of the molecule is CCN(Cc1ccc(Br)s1)C(=O)c1ccc(Br)nc1. The van der Waals surface area contributed by atoms with Crippen molar-refractivity contribution >= 4 is 49.1 Å². The maximum atomic E-state index is 12.4. The standard InChI is InChI=1S/C13H12Br2N2OS/c1-2-17(8-10-4-6-12(15)19-10)13(18)9-3-5-11(14)16-7-9/h3-7H,2,8H2,1H3. The van der Waals surface area contributed by atoms with Gasteiger partial charge in [-0.05, 0) is 63.0 Å². The van der Waals surface area contributed by atoms with Crippen LogP contribution in [0.1, 0.15) is 22.2 Å². The summed E-state index contributed by atoms with van der Waals surface area (Å²) in [5, 5.41) is 0. The molecule has 0 atom stereocenters. The van der Waals surface area contributed by atoms with Crippen LogP contribution in [0.4, 0.5) is 0 Å². The molecule has 0 radical (unpaired) electrons. The normalized spacial score (nSPS) is 10.5. The summed E-state index contributed by atoms with van der Waals surface area (Å²) in [5.41, 5.74) is 0.612. The summed E-state index contributed by atoms with van der Waals surface area (Å²) >= 11 is 8.35. The molecule has 19 heavy (non-hydrogen) atoms. The van der Waals surface area contributed by atoms with Gasteiger partial charge in [0, 0.05) is 17.6 Å². The molecular formula is C13H12Br2N2OS. The highest BCUT2D eigenvalue weighted by atomic mass is 79.9. The van der Waals surface area contributed by atoms with Crippen LogP contribution in [0.25, 0.3) is 0 Å². The van der Waals surface area contributed by atoms with Gasteiger partial charge < -0.3 is 4.90 Å². The molecule has 0 aliphatic rings. The number of thiophene rings is 1. The third-order valence-corrected chi connectivity index (χ3v) is 4.70. The van der Waals surface area contributed by atoms with Crippen LogP contribution in [0, 0.1) is 0 Å². The third kappa shape index (κ3) is 3.87. The monoisotopic (exact) mass is 402 g/mol. The van der Waals surface area contributed by atoms with E-state index >= 15 is 0 Å². The van der Waals surface area contributed by atoms with Gasteiger partial charge in [0.25, 0.3) is 5.91 Å². The van der Waals surface area contributed by atoms with Gasteiger partial charge in [0.2, 0.25) is 0 Å². The van der Waals surface area contributed by atoms with Gasteiger partial charge in [-0.25, -0.2) is 4.98 Å². The molecule has 6 heteroatoms. The Morgan fingerprint density at radius 3 is 2.63 bits per heavy atom. The zero-order valence-electron chi connectivity index (χ0n) is 10.3. The average Bonchev–Trinajstić information content (AvgIpc) is 2.81. The van der Waals surface area contributed by atoms with Crippen LogP contribution < -0.4 is 0 Å². The van der Waals surface area contributed by atoms with Gasteiger partial charge in [-0.15, -0.1) is 11.3 Å². The van der Waals surface area contributed by atoms with Crippen molar-refractivity contribution in [1.29, 1.82) is 0 Å². The Hall–Kier alpha value is -0.720. The van der Waals surface area contributed by atoms with Crippen molar-refractivity contribution in [3.63, 3.8) is 0 Å². The van der Waals surface area contributed by atoms with Crippen LogP contribution in [-0.4, -0.2) is 22.3 Å². The lowest BCUT2D eigenvalue weighted by molar-refractivity contribution is 0.0753. The van der Waals surface area contributed by atoms with Gasteiger partial charge in [0.05, 0.1) is 15.9 Å². The number of aromatic nitrogens is 1. The van der Waals surface area contributed by atoms with E-state index in [-0.39, 0.29) is 5.91 Å². The van der Waals surface area contributed by atoms with E-state index in [1.807, 2.05) is 24.0 Å². The highest BCUT2D eigenvalue weighted by Crippen LogP contribution is 2.23. The second kappa shape index (κ2) is 6.63. The molecule has 100 valence electrons. The summed E-state index contributed by atoms with van der Waals surface area (Å²) in [7, 11) is 0. The Morgan fingerprint density at radius 1 is 1.32 bits per heavy atom. The largest absolute Gasteiger partial charge is 0.334 e. The van der Waals surface area contributed by atoms with Gasteiger partial charge >= 0.3 is 0 Å². The highest BCUT2D eigenvalue weighted by molar-refractivity contribution is 9.11. The summed E-state index contributed by atoms with van der Waals surface area (Å²) in [5.74, 6) is 0.00650. The van der Waals surface area contributed by atoms with E-state index in [9.17, 15) is 4.79 Å². The summed E-state index contributed by atoms with van der Waals surface area (Å²) in [4.78, 5) is 19.4. The number of carbonyl (C=O) groups excluding carboxylic acids is 1. The molecule has 0 unspecified atom stereocenters. The molecule has 0 aliphatic heterocycles. The number of hydrogen-bond donors (Lipinski definition) is 0.